The molecule has 0 fully saturated rings. The van der Waals surface area contributed by atoms with Crippen LogP contribution in [0.1, 0.15) is 13.8 Å². The largest absolute Gasteiger partial charge is 0.330 e. The zero-order valence-electron chi connectivity index (χ0n) is 11.6. The summed E-state index contributed by atoms with van der Waals surface area (Å²) in [6, 6.07) is 4.26. The molecule has 0 aromatic heterocycles. The minimum Gasteiger partial charge on any atom is -0.330 e. The van der Waals surface area contributed by atoms with Gasteiger partial charge in [0.1, 0.15) is 0 Å². The van der Waals surface area contributed by atoms with E-state index in [0.717, 1.165) is 0 Å². The number of hydrogen-bond acceptors (Lipinski definition) is 3. The molecule has 0 spiro atoms. The van der Waals surface area contributed by atoms with Crippen LogP contribution in [0.15, 0.2) is 23.1 Å². The maximum atomic E-state index is 12.4. The predicted octanol–water partition coefficient (Wildman–Crippen LogP) is 3.02. The summed E-state index contributed by atoms with van der Waals surface area (Å²) in [5.41, 5.74) is 5.32. The van der Waals surface area contributed by atoms with Gasteiger partial charge in [0, 0.05) is 23.6 Å². The van der Waals surface area contributed by atoms with Gasteiger partial charge in [0.15, 0.2) is 0 Å². The highest BCUT2D eigenvalue weighted by molar-refractivity contribution is 7.89. The predicted molar refractivity (Wildman–Crippen MR) is 86.4 cm³/mol. The van der Waals surface area contributed by atoms with Crippen molar-refractivity contribution >= 4 is 45.6 Å². The van der Waals surface area contributed by atoms with Crippen molar-refractivity contribution in [3.05, 3.63) is 28.2 Å². The Morgan fingerprint density at radius 3 is 2.05 bits per heavy atom. The Kier molecular flexibility index (Phi) is 7.28. The molecule has 1 aromatic rings. The Morgan fingerprint density at radius 1 is 1.20 bits per heavy atom. The summed E-state index contributed by atoms with van der Waals surface area (Å²) in [6.07, 6.45) is 0. The summed E-state index contributed by atoms with van der Waals surface area (Å²) in [5.74, 6) is 0. The van der Waals surface area contributed by atoms with Crippen molar-refractivity contribution in [2.75, 3.05) is 20.1 Å². The smallest absolute Gasteiger partial charge is 0.242 e. The number of hydrogen-bond donors (Lipinski definition) is 1. The van der Waals surface area contributed by atoms with Crippen molar-refractivity contribution < 1.29 is 8.42 Å². The van der Waals surface area contributed by atoms with Crippen LogP contribution in [0.5, 0.6) is 0 Å². The van der Waals surface area contributed by atoms with Gasteiger partial charge in [-0.05, 0) is 30.2 Å². The normalized spacial score (nSPS) is 12.3. The molecule has 1 rings (SSSR count). The Hall–Kier alpha value is -0.0400. The lowest BCUT2D eigenvalue weighted by Crippen LogP contribution is -2.39. The van der Waals surface area contributed by atoms with E-state index in [1.54, 1.807) is 0 Å². The van der Waals surface area contributed by atoms with Crippen LogP contribution in [-0.2, 0) is 10.0 Å². The molecule has 0 saturated carbocycles. The summed E-state index contributed by atoms with van der Waals surface area (Å²) >= 11 is 11.7. The molecule has 0 heterocycles. The number of halogens is 3. The molecule has 4 nitrogen and oxygen atoms in total. The Labute approximate surface area is 136 Å². The van der Waals surface area contributed by atoms with Crippen LogP contribution in [-0.4, -0.2) is 32.9 Å². The van der Waals surface area contributed by atoms with E-state index >= 15 is 0 Å². The zero-order chi connectivity index (χ0) is 14.8. The van der Waals surface area contributed by atoms with Crippen LogP contribution in [0, 0.1) is 5.41 Å². The van der Waals surface area contributed by atoms with Gasteiger partial charge in [-0.15, -0.1) is 12.4 Å². The molecule has 0 unspecified atom stereocenters. The number of benzene rings is 1. The third kappa shape index (κ3) is 5.06. The molecule has 0 atom stereocenters. The van der Waals surface area contributed by atoms with Crippen LogP contribution in [0.4, 0.5) is 0 Å². The van der Waals surface area contributed by atoms with Gasteiger partial charge in [0.25, 0.3) is 0 Å². The SMILES string of the molecule is CN(CC(C)(C)CN)S(=O)(=O)c1cc(Cl)cc(Cl)c1.Cl. The molecule has 20 heavy (non-hydrogen) atoms. The Morgan fingerprint density at radius 2 is 1.65 bits per heavy atom. The van der Waals surface area contributed by atoms with Crippen molar-refractivity contribution in [1.82, 2.24) is 4.31 Å². The van der Waals surface area contributed by atoms with Crippen LogP contribution < -0.4 is 5.73 Å². The second-order valence-corrected chi connectivity index (χ2v) is 8.15. The molecule has 0 bridgehead atoms. The zero-order valence-corrected chi connectivity index (χ0v) is 14.7. The van der Waals surface area contributed by atoms with Crippen LogP contribution in [0.25, 0.3) is 0 Å². The molecule has 2 N–H and O–H groups in total. The van der Waals surface area contributed by atoms with Gasteiger partial charge in [-0.1, -0.05) is 37.0 Å². The van der Waals surface area contributed by atoms with Gasteiger partial charge < -0.3 is 5.73 Å². The number of nitrogens with zero attached hydrogens (tertiary/aromatic N) is 1. The maximum Gasteiger partial charge on any atom is 0.242 e. The molecule has 0 aliphatic rings. The fourth-order valence-electron chi connectivity index (χ4n) is 1.61. The van der Waals surface area contributed by atoms with E-state index in [1.807, 2.05) is 13.8 Å². The highest BCUT2D eigenvalue weighted by atomic mass is 35.5. The highest BCUT2D eigenvalue weighted by Gasteiger charge is 2.27. The Bertz CT molecular complexity index is 542. The van der Waals surface area contributed by atoms with Crippen LogP contribution >= 0.6 is 35.6 Å². The standard InChI is InChI=1S/C12H18Cl2N2O2S.ClH/c1-12(2,7-15)8-16(3)19(17,18)11-5-9(13)4-10(14)6-11;/h4-6H,7-8,15H2,1-3H3;1H. The lowest BCUT2D eigenvalue weighted by atomic mass is 9.94. The number of sulfonamides is 1. The first kappa shape index (κ1) is 20.0. The third-order valence-electron chi connectivity index (χ3n) is 2.75. The van der Waals surface area contributed by atoms with Gasteiger partial charge in [0.2, 0.25) is 10.0 Å². The first-order chi connectivity index (χ1) is 8.58. The molecular formula is C12H19Cl3N2O2S. The van der Waals surface area contributed by atoms with E-state index in [2.05, 4.69) is 0 Å². The molecule has 0 saturated heterocycles. The average Bonchev–Trinajstić information content (AvgIpc) is 2.27. The highest BCUT2D eigenvalue weighted by Crippen LogP contribution is 2.26. The summed E-state index contributed by atoms with van der Waals surface area (Å²) in [5, 5.41) is 0.579. The van der Waals surface area contributed by atoms with Crippen molar-refractivity contribution in [1.29, 1.82) is 0 Å². The Balaban J connectivity index is 0.00000361. The summed E-state index contributed by atoms with van der Waals surface area (Å²) < 4.78 is 26.1. The van der Waals surface area contributed by atoms with Gasteiger partial charge in [-0.2, -0.15) is 0 Å². The minimum absolute atomic E-state index is 0. The monoisotopic (exact) mass is 360 g/mol. The van der Waals surface area contributed by atoms with E-state index in [-0.39, 0.29) is 32.8 Å². The average molecular weight is 362 g/mol. The van der Waals surface area contributed by atoms with Gasteiger partial charge >= 0.3 is 0 Å². The summed E-state index contributed by atoms with van der Waals surface area (Å²) in [7, 11) is -2.10. The first-order valence-corrected chi connectivity index (χ1v) is 7.90. The first-order valence-electron chi connectivity index (χ1n) is 5.71. The fraction of sp³-hybridized carbons (Fsp3) is 0.500. The topological polar surface area (TPSA) is 63.4 Å². The third-order valence-corrected chi connectivity index (χ3v) is 4.97. The number of rotatable bonds is 5. The quantitative estimate of drug-likeness (QED) is 0.876. The summed E-state index contributed by atoms with van der Waals surface area (Å²) in [4.78, 5) is 0.0836. The molecule has 116 valence electrons. The lowest BCUT2D eigenvalue weighted by molar-refractivity contribution is 0.292. The van der Waals surface area contributed by atoms with Crippen molar-refractivity contribution in [2.45, 2.75) is 18.7 Å². The fourth-order valence-corrected chi connectivity index (χ4v) is 3.70. The molecular weight excluding hydrogens is 343 g/mol. The van der Waals surface area contributed by atoms with Gasteiger partial charge in [-0.25, -0.2) is 12.7 Å². The lowest BCUT2D eigenvalue weighted by Gasteiger charge is -2.28. The van der Waals surface area contributed by atoms with Gasteiger partial charge in [-0.3, -0.25) is 0 Å². The molecule has 1 aromatic carbocycles. The number of nitrogens with two attached hydrogens (primary N) is 1. The second-order valence-electron chi connectivity index (χ2n) is 5.23. The van der Waals surface area contributed by atoms with Crippen LogP contribution in [0.2, 0.25) is 10.0 Å². The van der Waals surface area contributed by atoms with Gasteiger partial charge in [0.05, 0.1) is 4.90 Å². The van der Waals surface area contributed by atoms with E-state index in [0.29, 0.717) is 13.1 Å². The van der Waals surface area contributed by atoms with E-state index in [4.69, 9.17) is 28.9 Å². The van der Waals surface area contributed by atoms with Crippen molar-refractivity contribution in [2.24, 2.45) is 11.1 Å². The molecule has 0 aliphatic carbocycles. The van der Waals surface area contributed by atoms with E-state index < -0.39 is 10.0 Å². The van der Waals surface area contributed by atoms with E-state index in [9.17, 15) is 8.42 Å². The van der Waals surface area contributed by atoms with Crippen molar-refractivity contribution in [3.63, 3.8) is 0 Å². The second kappa shape index (κ2) is 7.29. The minimum atomic E-state index is -3.62. The molecule has 0 radical (unpaired) electrons. The molecule has 8 heteroatoms. The molecule has 0 amide bonds. The van der Waals surface area contributed by atoms with E-state index in [1.165, 1.54) is 29.6 Å². The van der Waals surface area contributed by atoms with Crippen LogP contribution in [0.3, 0.4) is 0 Å². The molecule has 0 aliphatic heterocycles. The van der Waals surface area contributed by atoms with Crippen molar-refractivity contribution in [3.8, 4) is 0 Å². The summed E-state index contributed by atoms with van der Waals surface area (Å²) in [6.45, 7) is 4.52. The maximum absolute atomic E-state index is 12.4.